The molecule has 0 fully saturated rings. The van der Waals surface area contributed by atoms with Crippen molar-refractivity contribution in [1.82, 2.24) is 9.97 Å². The van der Waals surface area contributed by atoms with E-state index in [9.17, 15) is 0 Å². The van der Waals surface area contributed by atoms with E-state index in [-0.39, 0.29) is 0 Å². The Hall–Kier alpha value is -1.38. The van der Waals surface area contributed by atoms with Crippen LogP contribution in [0.5, 0.6) is 0 Å². The summed E-state index contributed by atoms with van der Waals surface area (Å²) in [5, 5.41) is 0. The largest absolute Gasteiger partial charge is 0.359 e. The molecule has 0 aliphatic heterocycles. The summed E-state index contributed by atoms with van der Waals surface area (Å²) in [5.41, 5.74) is 2.37. The first kappa shape index (κ1) is 10.1. The average molecular weight is 203 g/mol. The molecule has 0 saturated heterocycles. The molecule has 0 atom stereocenters. The van der Waals surface area contributed by atoms with E-state index in [0.29, 0.717) is 0 Å². The van der Waals surface area contributed by atoms with Crippen molar-refractivity contribution in [2.75, 3.05) is 18.5 Å². The van der Waals surface area contributed by atoms with E-state index in [1.54, 1.807) is 0 Å². The topological polar surface area (TPSA) is 29.0 Å². The van der Waals surface area contributed by atoms with Gasteiger partial charge in [0, 0.05) is 19.2 Å². The fraction of sp³-hybridized carbons (Fsp3) is 0.500. The van der Waals surface area contributed by atoms with Gasteiger partial charge in [-0.25, -0.2) is 9.97 Å². The third kappa shape index (κ3) is 1.87. The van der Waals surface area contributed by atoms with Crippen molar-refractivity contribution >= 4 is 11.9 Å². The van der Waals surface area contributed by atoms with Gasteiger partial charge in [0.2, 0.25) is 0 Å². The van der Waals surface area contributed by atoms with Crippen LogP contribution < -0.4 is 4.90 Å². The molecule has 0 saturated carbocycles. The number of hydrogen-bond acceptors (Lipinski definition) is 3. The van der Waals surface area contributed by atoms with E-state index in [4.69, 9.17) is 0 Å². The summed E-state index contributed by atoms with van der Waals surface area (Å²) in [6.45, 7) is 5.18. The molecule has 0 radical (unpaired) electrons. The first-order valence-corrected chi connectivity index (χ1v) is 5.47. The van der Waals surface area contributed by atoms with Crippen LogP contribution in [-0.4, -0.2) is 23.6 Å². The molecule has 3 heteroatoms. The molecular weight excluding hydrogens is 186 g/mol. The van der Waals surface area contributed by atoms with Crippen LogP contribution >= 0.6 is 0 Å². The van der Waals surface area contributed by atoms with E-state index in [1.807, 2.05) is 6.92 Å². The molecule has 2 rings (SSSR count). The van der Waals surface area contributed by atoms with Gasteiger partial charge in [-0.3, -0.25) is 0 Å². The zero-order valence-corrected chi connectivity index (χ0v) is 9.62. The number of aryl methyl sites for hydroxylation is 1. The highest BCUT2D eigenvalue weighted by atomic mass is 15.2. The molecule has 15 heavy (non-hydrogen) atoms. The van der Waals surface area contributed by atoms with Crippen molar-refractivity contribution < 1.29 is 0 Å². The van der Waals surface area contributed by atoms with Crippen LogP contribution in [0, 0.1) is 6.92 Å². The molecule has 3 nitrogen and oxygen atoms in total. The van der Waals surface area contributed by atoms with Crippen LogP contribution in [0.4, 0.5) is 5.82 Å². The summed E-state index contributed by atoms with van der Waals surface area (Å²) in [6, 6.07) is 0. The summed E-state index contributed by atoms with van der Waals surface area (Å²) in [7, 11) is 2.10. The minimum absolute atomic E-state index is 0.859. The Labute approximate surface area is 90.9 Å². The summed E-state index contributed by atoms with van der Waals surface area (Å²) in [5.74, 6) is 1.96. The van der Waals surface area contributed by atoms with Crippen LogP contribution in [-0.2, 0) is 6.42 Å². The van der Waals surface area contributed by atoms with Gasteiger partial charge >= 0.3 is 0 Å². The van der Waals surface area contributed by atoms with Gasteiger partial charge in [-0.05, 0) is 25.8 Å². The van der Waals surface area contributed by atoms with Crippen LogP contribution in [0.1, 0.15) is 30.4 Å². The average Bonchev–Trinajstić information content (AvgIpc) is 2.64. The molecule has 1 aromatic rings. The highest BCUT2D eigenvalue weighted by molar-refractivity contribution is 5.64. The number of fused-ring (bicyclic) bond motifs is 1. The van der Waals surface area contributed by atoms with Crippen molar-refractivity contribution in [1.29, 1.82) is 0 Å². The number of anilines is 1. The molecule has 1 aliphatic carbocycles. The summed E-state index contributed by atoms with van der Waals surface area (Å²) in [4.78, 5) is 11.2. The fourth-order valence-corrected chi connectivity index (χ4v) is 1.98. The second-order valence-electron chi connectivity index (χ2n) is 3.99. The van der Waals surface area contributed by atoms with Gasteiger partial charge in [-0.15, -0.1) is 0 Å². The standard InChI is InChI=1S/C12H17N3/c1-4-8-15(3)12-10-6-5-7-11(10)13-9(2)14-12/h5,7H,4,6,8H2,1-3H3. The van der Waals surface area contributed by atoms with E-state index >= 15 is 0 Å². The monoisotopic (exact) mass is 203 g/mol. The van der Waals surface area contributed by atoms with Crippen molar-refractivity contribution in [2.45, 2.75) is 26.7 Å². The maximum atomic E-state index is 4.54. The zero-order valence-electron chi connectivity index (χ0n) is 9.62. The van der Waals surface area contributed by atoms with Crippen molar-refractivity contribution in [3.8, 4) is 0 Å². The van der Waals surface area contributed by atoms with Gasteiger partial charge in [0.05, 0.1) is 5.69 Å². The summed E-state index contributed by atoms with van der Waals surface area (Å²) >= 11 is 0. The van der Waals surface area contributed by atoms with Gasteiger partial charge in [-0.2, -0.15) is 0 Å². The minimum Gasteiger partial charge on any atom is -0.359 e. The number of hydrogen-bond donors (Lipinski definition) is 0. The van der Waals surface area contributed by atoms with Crippen LogP contribution in [0.3, 0.4) is 0 Å². The number of aromatic nitrogens is 2. The second kappa shape index (κ2) is 4.01. The quantitative estimate of drug-likeness (QED) is 0.754. The number of allylic oxidation sites excluding steroid dienone is 1. The maximum Gasteiger partial charge on any atom is 0.136 e. The minimum atomic E-state index is 0.859. The Kier molecular flexibility index (Phi) is 2.71. The lowest BCUT2D eigenvalue weighted by atomic mass is 10.2. The zero-order chi connectivity index (χ0) is 10.8. The number of nitrogens with zero attached hydrogens (tertiary/aromatic N) is 3. The summed E-state index contributed by atoms with van der Waals surface area (Å²) in [6.07, 6.45) is 6.36. The highest BCUT2D eigenvalue weighted by Crippen LogP contribution is 2.26. The van der Waals surface area contributed by atoms with E-state index in [0.717, 1.165) is 36.7 Å². The molecule has 1 aromatic heterocycles. The normalized spacial score (nSPS) is 13.0. The maximum absolute atomic E-state index is 4.54. The predicted octanol–water partition coefficient (Wildman–Crippen LogP) is 2.20. The van der Waals surface area contributed by atoms with Gasteiger partial charge < -0.3 is 4.90 Å². The fourth-order valence-electron chi connectivity index (χ4n) is 1.98. The SMILES string of the molecule is CCCN(C)c1nc(C)nc2c1CC=C2. The Bertz CT molecular complexity index is 396. The molecule has 0 spiro atoms. The molecule has 0 amide bonds. The predicted molar refractivity (Wildman–Crippen MR) is 63.1 cm³/mol. The Morgan fingerprint density at radius 2 is 2.20 bits per heavy atom. The first-order valence-electron chi connectivity index (χ1n) is 5.47. The molecule has 0 aromatic carbocycles. The number of rotatable bonds is 3. The van der Waals surface area contributed by atoms with Gasteiger partial charge in [0.25, 0.3) is 0 Å². The van der Waals surface area contributed by atoms with Crippen molar-refractivity contribution in [3.63, 3.8) is 0 Å². The molecule has 0 unspecified atom stereocenters. The molecular formula is C12H17N3. The van der Waals surface area contributed by atoms with Crippen molar-refractivity contribution in [3.05, 3.63) is 23.2 Å². The van der Waals surface area contributed by atoms with Crippen LogP contribution in [0.25, 0.3) is 6.08 Å². The Morgan fingerprint density at radius 3 is 2.93 bits per heavy atom. The lowest BCUT2D eigenvalue weighted by Gasteiger charge is -2.20. The van der Waals surface area contributed by atoms with Gasteiger partial charge in [0.1, 0.15) is 11.6 Å². The van der Waals surface area contributed by atoms with Crippen LogP contribution in [0.15, 0.2) is 6.08 Å². The van der Waals surface area contributed by atoms with Gasteiger partial charge in [0.15, 0.2) is 0 Å². The molecule has 0 bridgehead atoms. The second-order valence-corrected chi connectivity index (χ2v) is 3.99. The van der Waals surface area contributed by atoms with Gasteiger partial charge in [-0.1, -0.05) is 13.0 Å². The smallest absolute Gasteiger partial charge is 0.136 e. The van der Waals surface area contributed by atoms with Crippen molar-refractivity contribution in [2.24, 2.45) is 0 Å². The third-order valence-electron chi connectivity index (χ3n) is 2.65. The molecule has 80 valence electrons. The highest BCUT2D eigenvalue weighted by Gasteiger charge is 2.16. The van der Waals surface area contributed by atoms with E-state index in [2.05, 4.69) is 41.0 Å². The third-order valence-corrected chi connectivity index (χ3v) is 2.65. The molecule has 1 aliphatic rings. The molecule has 1 heterocycles. The Morgan fingerprint density at radius 1 is 1.40 bits per heavy atom. The summed E-state index contributed by atoms with van der Waals surface area (Å²) < 4.78 is 0. The van der Waals surface area contributed by atoms with E-state index < -0.39 is 0 Å². The van der Waals surface area contributed by atoms with E-state index in [1.165, 1.54) is 5.56 Å². The van der Waals surface area contributed by atoms with Crippen LogP contribution in [0.2, 0.25) is 0 Å². The lowest BCUT2D eigenvalue weighted by Crippen LogP contribution is -2.21. The first-order chi connectivity index (χ1) is 7.22. The Balaban J connectivity index is 2.40. The molecule has 0 N–H and O–H groups in total. The lowest BCUT2D eigenvalue weighted by molar-refractivity contribution is 0.820.